The zero-order valence-electron chi connectivity index (χ0n) is 34.8. The SMILES string of the molecule is Cc1oc2cc(OCC(=O)O[C@H]3CC[C@@]4(C)C(=CC[C@H]5[C@H]4CC[C@]4(C)C[C@H]([C@H](C)CCCC(C)C)CC[C@@H]54)C3)ccc2c(=O)c1-c1ccc2c(c1)OCCCO2. The molecule has 7 heteroatoms. The van der Waals surface area contributed by atoms with Gasteiger partial charge >= 0.3 is 5.97 Å². The number of fused-ring (bicyclic) bond motifs is 7. The Labute approximate surface area is 333 Å². The van der Waals surface area contributed by atoms with E-state index in [1.165, 1.54) is 63.4 Å². The first-order valence-corrected chi connectivity index (χ1v) is 21.9. The van der Waals surface area contributed by atoms with E-state index in [4.69, 9.17) is 23.4 Å². The van der Waals surface area contributed by atoms with Gasteiger partial charge in [-0.1, -0.05) is 71.6 Å². The van der Waals surface area contributed by atoms with Gasteiger partial charge in [-0.05, 0) is 134 Å². The molecule has 8 rings (SSSR count). The first-order valence-electron chi connectivity index (χ1n) is 21.9. The third-order valence-corrected chi connectivity index (χ3v) is 15.1. The molecule has 0 amide bonds. The predicted octanol–water partition coefficient (Wildman–Crippen LogP) is 11.7. The number of ether oxygens (including phenoxy) is 4. The van der Waals surface area contributed by atoms with Gasteiger partial charge in [0.1, 0.15) is 23.2 Å². The molecule has 2 aromatic carbocycles. The summed E-state index contributed by atoms with van der Waals surface area (Å²) < 4.78 is 29.8. The van der Waals surface area contributed by atoms with Crippen molar-refractivity contribution in [1.82, 2.24) is 0 Å². The lowest BCUT2D eigenvalue weighted by Gasteiger charge is -2.61. The molecule has 56 heavy (non-hydrogen) atoms. The summed E-state index contributed by atoms with van der Waals surface area (Å²) >= 11 is 0. The van der Waals surface area contributed by atoms with Crippen molar-refractivity contribution in [3.05, 3.63) is 64.0 Å². The maximum atomic E-state index is 13.7. The molecule has 0 bridgehead atoms. The smallest absolute Gasteiger partial charge is 0.344 e. The number of hydrogen-bond acceptors (Lipinski definition) is 7. The molecule has 2 heterocycles. The van der Waals surface area contributed by atoms with E-state index in [-0.39, 0.29) is 29.5 Å². The highest BCUT2D eigenvalue weighted by Crippen LogP contribution is 2.65. The number of allylic oxidation sites excluding steroid dienone is 1. The van der Waals surface area contributed by atoms with Crippen LogP contribution in [0.4, 0.5) is 0 Å². The van der Waals surface area contributed by atoms with Gasteiger partial charge in [-0.3, -0.25) is 4.79 Å². The van der Waals surface area contributed by atoms with Gasteiger partial charge in [0, 0.05) is 18.9 Å². The van der Waals surface area contributed by atoms with Gasteiger partial charge in [0.25, 0.3) is 0 Å². The summed E-state index contributed by atoms with van der Waals surface area (Å²) in [6.07, 6.45) is 18.3. The number of benzene rings is 2. The monoisotopic (exact) mass is 764 g/mol. The Morgan fingerprint density at radius 3 is 2.57 bits per heavy atom. The van der Waals surface area contributed by atoms with Crippen LogP contribution in [-0.2, 0) is 9.53 Å². The van der Waals surface area contributed by atoms with E-state index in [1.54, 1.807) is 25.1 Å². The third-order valence-electron chi connectivity index (χ3n) is 15.1. The molecule has 3 aromatic rings. The first kappa shape index (κ1) is 39.1. The average Bonchev–Trinajstić information content (AvgIpc) is 3.41. The molecule has 1 aromatic heterocycles. The normalized spacial score (nSPS) is 30.3. The molecule has 0 spiro atoms. The van der Waals surface area contributed by atoms with Gasteiger partial charge in [-0.2, -0.15) is 0 Å². The van der Waals surface area contributed by atoms with Crippen LogP contribution in [0.3, 0.4) is 0 Å². The van der Waals surface area contributed by atoms with Crippen LogP contribution in [0.1, 0.15) is 124 Å². The van der Waals surface area contributed by atoms with E-state index >= 15 is 0 Å². The lowest BCUT2D eigenvalue weighted by atomic mass is 9.44. The number of rotatable bonds is 10. The van der Waals surface area contributed by atoms with E-state index < -0.39 is 0 Å². The van der Waals surface area contributed by atoms with Gasteiger partial charge in [0.05, 0.1) is 24.2 Å². The van der Waals surface area contributed by atoms with Crippen LogP contribution in [0, 0.1) is 53.3 Å². The summed E-state index contributed by atoms with van der Waals surface area (Å²) in [6.45, 7) is 15.2. The molecule has 0 saturated heterocycles. The van der Waals surface area contributed by atoms with Crippen LogP contribution in [-0.4, -0.2) is 31.9 Å². The molecule has 302 valence electrons. The largest absolute Gasteiger partial charge is 0.490 e. The third kappa shape index (κ3) is 7.65. The highest BCUT2D eigenvalue weighted by Gasteiger charge is 2.56. The van der Waals surface area contributed by atoms with E-state index in [0.717, 1.165) is 61.2 Å². The fourth-order valence-corrected chi connectivity index (χ4v) is 12.0. The molecule has 3 saturated carbocycles. The minimum Gasteiger partial charge on any atom is -0.490 e. The van der Waals surface area contributed by atoms with Gasteiger partial charge in [0.2, 0.25) is 5.43 Å². The number of esters is 1. The van der Waals surface area contributed by atoms with E-state index in [1.807, 2.05) is 18.2 Å². The van der Waals surface area contributed by atoms with Crippen LogP contribution in [0.15, 0.2) is 57.3 Å². The topological polar surface area (TPSA) is 84.2 Å². The minimum atomic E-state index is -0.362. The van der Waals surface area contributed by atoms with Gasteiger partial charge < -0.3 is 23.4 Å². The van der Waals surface area contributed by atoms with Crippen molar-refractivity contribution in [3.8, 4) is 28.4 Å². The number of hydrogen-bond donors (Lipinski definition) is 0. The summed E-state index contributed by atoms with van der Waals surface area (Å²) in [6, 6.07) is 10.6. The Balaban J connectivity index is 0.867. The Morgan fingerprint density at radius 1 is 0.929 bits per heavy atom. The molecule has 0 radical (unpaired) electrons. The van der Waals surface area contributed by atoms with Crippen LogP contribution >= 0.6 is 0 Å². The van der Waals surface area contributed by atoms with Crippen LogP contribution in [0.5, 0.6) is 17.2 Å². The summed E-state index contributed by atoms with van der Waals surface area (Å²) in [5.74, 6) is 6.79. The lowest BCUT2D eigenvalue weighted by Crippen LogP contribution is -2.52. The van der Waals surface area contributed by atoms with Crippen molar-refractivity contribution < 1.29 is 28.2 Å². The Hall–Kier alpha value is -3.74. The van der Waals surface area contributed by atoms with Crippen molar-refractivity contribution in [2.24, 2.45) is 46.3 Å². The molecule has 1 aliphatic heterocycles. The number of carbonyl (C=O) groups is 1. The maximum Gasteiger partial charge on any atom is 0.344 e. The lowest BCUT2D eigenvalue weighted by molar-refractivity contribution is -0.154. The van der Waals surface area contributed by atoms with Gasteiger partial charge in [0.15, 0.2) is 18.1 Å². The fourth-order valence-electron chi connectivity index (χ4n) is 12.0. The Kier molecular flexibility index (Phi) is 11.1. The second-order valence-corrected chi connectivity index (χ2v) is 19.2. The van der Waals surface area contributed by atoms with Crippen LogP contribution in [0.25, 0.3) is 22.1 Å². The second kappa shape index (κ2) is 15.9. The zero-order valence-corrected chi connectivity index (χ0v) is 34.8. The molecule has 0 unspecified atom stereocenters. The quantitative estimate of drug-likeness (QED) is 0.150. The van der Waals surface area contributed by atoms with Crippen molar-refractivity contribution in [2.75, 3.05) is 19.8 Å². The molecular formula is C49H64O7. The molecule has 0 N–H and O–H groups in total. The standard InChI is InChI=1S/C49H64O7/c1-30(2)9-7-10-31(3)34-11-17-40-38-15-13-35-26-37(19-22-49(35,6)41(38)20-21-48(40,5)28-34)56-45(50)29-54-36-14-16-39-43(27-36)55-32(4)46(47(39)51)33-12-18-42-44(25-33)53-24-8-23-52-42/h12-14,16,18,25,27,30-31,34,37-38,40-41H,7-11,15,17,19-24,26,28-29H2,1-6H3/t31-,34-,37+,38-,40+,41-,48-,49+/m1/s1. The first-order chi connectivity index (χ1) is 26.9. The van der Waals surface area contributed by atoms with Crippen LogP contribution in [0.2, 0.25) is 0 Å². The average molecular weight is 765 g/mol. The summed E-state index contributed by atoms with van der Waals surface area (Å²) in [4.78, 5) is 26.8. The molecule has 8 atom stereocenters. The van der Waals surface area contributed by atoms with Crippen molar-refractivity contribution >= 4 is 16.9 Å². The second-order valence-electron chi connectivity index (χ2n) is 19.2. The van der Waals surface area contributed by atoms with Crippen molar-refractivity contribution in [2.45, 2.75) is 131 Å². The van der Waals surface area contributed by atoms with Gasteiger partial charge in [-0.15, -0.1) is 0 Å². The Morgan fingerprint density at radius 2 is 1.75 bits per heavy atom. The van der Waals surface area contributed by atoms with Crippen molar-refractivity contribution in [1.29, 1.82) is 0 Å². The summed E-state index contributed by atoms with van der Waals surface area (Å²) in [5.41, 5.74) is 3.69. The summed E-state index contributed by atoms with van der Waals surface area (Å²) in [5, 5.41) is 0.443. The van der Waals surface area contributed by atoms with E-state index in [0.29, 0.717) is 63.7 Å². The maximum absolute atomic E-state index is 13.7. The van der Waals surface area contributed by atoms with Gasteiger partial charge in [-0.25, -0.2) is 4.79 Å². The minimum absolute atomic E-state index is 0.121. The highest BCUT2D eigenvalue weighted by molar-refractivity contribution is 5.84. The summed E-state index contributed by atoms with van der Waals surface area (Å²) in [7, 11) is 0. The molecule has 3 fully saturated rings. The molecular weight excluding hydrogens is 701 g/mol. The zero-order chi connectivity index (χ0) is 39.2. The number of aryl methyl sites for hydroxylation is 1. The highest BCUT2D eigenvalue weighted by atomic mass is 16.6. The van der Waals surface area contributed by atoms with Crippen LogP contribution < -0.4 is 19.6 Å². The van der Waals surface area contributed by atoms with Crippen molar-refractivity contribution in [3.63, 3.8) is 0 Å². The Bertz CT molecular complexity index is 2010. The fraction of sp³-hybridized carbons (Fsp3) is 0.633. The van der Waals surface area contributed by atoms with E-state index in [9.17, 15) is 9.59 Å². The molecule has 5 aliphatic rings. The van der Waals surface area contributed by atoms with E-state index in [2.05, 4.69) is 40.7 Å². The predicted molar refractivity (Wildman–Crippen MR) is 221 cm³/mol. The number of carbonyl (C=O) groups excluding carboxylic acids is 1. The molecule has 7 nitrogen and oxygen atoms in total. The molecule has 4 aliphatic carbocycles.